The van der Waals surface area contributed by atoms with E-state index in [1.807, 2.05) is 42.2 Å². The number of alkyl halides is 3. The lowest BCUT2D eigenvalue weighted by molar-refractivity contribution is -0.191. The SMILES string of the molecule is C[C@@]12CN(CCC(F)(F)F)CC[C@H]1N(Cc1ccccc1)C(=O)CO2. The number of piperidine rings is 1. The van der Waals surface area contributed by atoms with Gasteiger partial charge in [-0.1, -0.05) is 30.3 Å². The molecule has 138 valence electrons. The quantitative estimate of drug-likeness (QED) is 0.832. The third-order valence-corrected chi connectivity index (χ3v) is 5.09. The van der Waals surface area contributed by atoms with Crippen LogP contribution in [0, 0.1) is 0 Å². The highest BCUT2D eigenvalue weighted by Crippen LogP contribution is 2.34. The summed E-state index contributed by atoms with van der Waals surface area (Å²) in [7, 11) is 0. The van der Waals surface area contributed by atoms with Crippen LogP contribution in [0.25, 0.3) is 0 Å². The lowest BCUT2D eigenvalue weighted by Gasteiger charge is -2.53. The number of carbonyl (C=O) groups is 1. The average Bonchev–Trinajstić information content (AvgIpc) is 2.56. The summed E-state index contributed by atoms with van der Waals surface area (Å²) in [5.74, 6) is -0.0601. The zero-order valence-corrected chi connectivity index (χ0v) is 14.3. The normalized spacial score (nSPS) is 28.1. The average molecular weight is 356 g/mol. The minimum atomic E-state index is -4.15. The number of halogens is 3. The monoisotopic (exact) mass is 356 g/mol. The second kappa shape index (κ2) is 6.96. The van der Waals surface area contributed by atoms with Crippen LogP contribution in [-0.2, 0) is 16.1 Å². The molecular formula is C18H23F3N2O2. The zero-order chi connectivity index (χ0) is 18.1. The van der Waals surface area contributed by atoms with Crippen molar-refractivity contribution in [1.29, 1.82) is 0 Å². The summed E-state index contributed by atoms with van der Waals surface area (Å²) < 4.78 is 43.2. The number of morpholine rings is 1. The third-order valence-electron chi connectivity index (χ3n) is 5.09. The summed E-state index contributed by atoms with van der Waals surface area (Å²) in [4.78, 5) is 16.0. The number of benzene rings is 1. The molecule has 0 aromatic heterocycles. The standard InChI is InChI=1S/C18H23F3N2O2/c1-17-13-22(10-8-18(19,20)21)9-7-15(17)23(16(24)12-25-17)11-14-5-3-2-4-6-14/h2-6,15H,7-13H2,1H3/t15-,17-/m1/s1. The van der Waals surface area contributed by atoms with E-state index in [0.717, 1.165) is 5.56 Å². The van der Waals surface area contributed by atoms with Crippen LogP contribution < -0.4 is 0 Å². The van der Waals surface area contributed by atoms with Crippen molar-refractivity contribution in [3.8, 4) is 0 Å². The van der Waals surface area contributed by atoms with Gasteiger partial charge >= 0.3 is 6.18 Å². The van der Waals surface area contributed by atoms with Gasteiger partial charge in [0.05, 0.1) is 18.1 Å². The van der Waals surface area contributed by atoms with E-state index in [1.54, 1.807) is 4.90 Å². The predicted octanol–water partition coefficient (Wildman–Crippen LogP) is 2.83. The molecule has 0 unspecified atom stereocenters. The van der Waals surface area contributed by atoms with E-state index in [1.165, 1.54) is 0 Å². The second-order valence-corrected chi connectivity index (χ2v) is 7.05. The number of hydrogen-bond donors (Lipinski definition) is 0. The second-order valence-electron chi connectivity index (χ2n) is 7.05. The minimum absolute atomic E-state index is 0.0209. The predicted molar refractivity (Wildman–Crippen MR) is 86.9 cm³/mol. The molecule has 2 saturated heterocycles. The molecule has 0 saturated carbocycles. The first-order chi connectivity index (χ1) is 11.8. The largest absolute Gasteiger partial charge is 0.390 e. The molecule has 7 heteroatoms. The summed E-state index contributed by atoms with van der Waals surface area (Å²) in [6.07, 6.45) is -4.35. The Hall–Kier alpha value is -1.60. The zero-order valence-electron chi connectivity index (χ0n) is 14.3. The van der Waals surface area contributed by atoms with E-state index in [-0.39, 0.29) is 25.1 Å². The molecule has 0 bridgehead atoms. The van der Waals surface area contributed by atoms with Gasteiger partial charge in [-0.25, -0.2) is 0 Å². The first kappa shape index (κ1) is 18.2. The number of nitrogens with zero attached hydrogens (tertiary/aromatic N) is 2. The Morgan fingerprint density at radius 1 is 1.28 bits per heavy atom. The van der Waals surface area contributed by atoms with E-state index >= 15 is 0 Å². The van der Waals surface area contributed by atoms with Gasteiger partial charge < -0.3 is 9.64 Å². The molecule has 2 heterocycles. The molecule has 0 N–H and O–H groups in total. The summed E-state index contributed by atoms with van der Waals surface area (Å²) in [5.41, 5.74) is 0.409. The Bertz CT molecular complexity index is 608. The van der Waals surface area contributed by atoms with Gasteiger partial charge in [-0.05, 0) is 18.9 Å². The summed E-state index contributed by atoms with van der Waals surface area (Å²) in [5, 5.41) is 0. The molecule has 25 heavy (non-hydrogen) atoms. The fourth-order valence-corrected chi connectivity index (χ4v) is 3.80. The van der Waals surface area contributed by atoms with Gasteiger partial charge in [0, 0.05) is 26.2 Å². The van der Waals surface area contributed by atoms with Crippen LogP contribution in [0.5, 0.6) is 0 Å². The number of fused-ring (bicyclic) bond motifs is 1. The van der Waals surface area contributed by atoms with Crippen molar-refractivity contribution in [3.05, 3.63) is 35.9 Å². The van der Waals surface area contributed by atoms with Gasteiger partial charge in [0.25, 0.3) is 0 Å². The molecule has 4 nitrogen and oxygen atoms in total. The van der Waals surface area contributed by atoms with E-state index in [2.05, 4.69) is 0 Å². The van der Waals surface area contributed by atoms with Gasteiger partial charge in [0.1, 0.15) is 6.61 Å². The molecule has 2 aliphatic heterocycles. The lowest BCUT2D eigenvalue weighted by atomic mass is 9.85. The Morgan fingerprint density at radius 3 is 2.68 bits per heavy atom. The maximum atomic E-state index is 12.5. The molecule has 1 aromatic carbocycles. The molecule has 2 fully saturated rings. The van der Waals surface area contributed by atoms with E-state index in [9.17, 15) is 18.0 Å². The van der Waals surface area contributed by atoms with Crippen LogP contribution in [0.15, 0.2) is 30.3 Å². The van der Waals surface area contributed by atoms with Crippen molar-refractivity contribution in [3.63, 3.8) is 0 Å². The van der Waals surface area contributed by atoms with Crippen LogP contribution in [-0.4, -0.2) is 59.8 Å². The van der Waals surface area contributed by atoms with Gasteiger partial charge in [-0.2, -0.15) is 13.2 Å². The van der Waals surface area contributed by atoms with Gasteiger partial charge in [-0.3, -0.25) is 9.69 Å². The van der Waals surface area contributed by atoms with Crippen LogP contribution >= 0.6 is 0 Å². The Labute approximate surface area is 145 Å². The molecule has 0 radical (unpaired) electrons. The fraction of sp³-hybridized carbons (Fsp3) is 0.611. The summed E-state index contributed by atoms with van der Waals surface area (Å²) in [6, 6.07) is 9.61. The fourth-order valence-electron chi connectivity index (χ4n) is 3.80. The van der Waals surface area contributed by atoms with Crippen molar-refractivity contribution in [2.24, 2.45) is 0 Å². The topological polar surface area (TPSA) is 32.8 Å². The number of hydrogen-bond acceptors (Lipinski definition) is 3. The highest BCUT2D eigenvalue weighted by Gasteiger charge is 2.48. The Balaban J connectivity index is 1.69. The smallest absolute Gasteiger partial charge is 0.362 e. The third kappa shape index (κ3) is 4.33. The van der Waals surface area contributed by atoms with Crippen molar-refractivity contribution in [1.82, 2.24) is 9.80 Å². The highest BCUT2D eigenvalue weighted by atomic mass is 19.4. The van der Waals surface area contributed by atoms with Crippen molar-refractivity contribution < 1.29 is 22.7 Å². The first-order valence-corrected chi connectivity index (χ1v) is 8.53. The Morgan fingerprint density at radius 2 is 2.00 bits per heavy atom. The molecule has 3 rings (SSSR count). The van der Waals surface area contributed by atoms with Crippen LogP contribution in [0.3, 0.4) is 0 Å². The van der Waals surface area contributed by atoms with Crippen LogP contribution in [0.1, 0.15) is 25.3 Å². The highest BCUT2D eigenvalue weighted by molar-refractivity contribution is 5.79. The van der Waals surface area contributed by atoms with E-state index in [0.29, 0.717) is 26.1 Å². The van der Waals surface area contributed by atoms with Crippen LogP contribution in [0.4, 0.5) is 13.2 Å². The minimum Gasteiger partial charge on any atom is -0.362 e. The molecular weight excluding hydrogens is 333 g/mol. The number of likely N-dealkylation sites (tertiary alicyclic amines) is 1. The van der Waals surface area contributed by atoms with Crippen molar-refractivity contribution in [2.75, 3.05) is 26.2 Å². The number of ether oxygens (including phenoxy) is 1. The summed E-state index contributed by atoms with van der Waals surface area (Å²) in [6.45, 7) is 3.31. The molecule has 0 spiro atoms. The summed E-state index contributed by atoms with van der Waals surface area (Å²) >= 11 is 0. The van der Waals surface area contributed by atoms with Gasteiger partial charge in [-0.15, -0.1) is 0 Å². The Kier molecular flexibility index (Phi) is 5.06. The number of rotatable bonds is 4. The number of amides is 1. The molecule has 0 aliphatic carbocycles. The maximum absolute atomic E-state index is 12.5. The van der Waals surface area contributed by atoms with Crippen molar-refractivity contribution in [2.45, 2.75) is 44.1 Å². The van der Waals surface area contributed by atoms with Crippen LogP contribution in [0.2, 0.25) is 0 Å². The van der Waals surface area contributed by atoms with Crippen molar-refractivity contribution >= 4 is 5.91 Å². The molecule has 2 atom stereocenters. The molecule has 2 aliphatic rings. The number of carbonyl (C=O) groups excluding carboxylic acids is 1. The van der Waals surface area contributed by atoms with E-state index < -0.39 is 18.2 Å². The van der Waals surface area contributed by atoms with Gasteiger partial charge in [0.2, 0.25) is 5.91 Å². The molecule has 1 aromatic rings. The van der Waals surface area contributed by atoms with E-state index in [4.69, 9.17) is 4.74 Å². The lowest BCUT2D eigenvalue weighted by Crippen LogP contribution is -2.67. The molecule has 1 amide bonds. The first-order valence-electron chi connectivity index (χ1n) is 8.53. The van der Waals surface area contributed by atoms with Gasteiger partial charge in [0.15, 0.2) is 0 Å². The maximum Gasteiger partial charge on any atom is 0.390 e.